The van der Waals surface area contributed by atoms with E-state index < -0.39 is 0 Å². The molecule has 4 nitrogen and oxygen atoms in total. The molecule has 0 bridgehead atoms. The number of rotatable bonds is 7. The first-order valence-corrected chi connectivity index (χ1v) is 6.56. The van der Waals surface area contributed by atoms with Crippen LogP contribution in [-0.2, 0) is 0 Å². The largest absolute Gasteiger partial charge is 0.373 e. The molecular formula is C14H23N3O. The molecule has 1 rings (SSSR count). The van der Waals surface area contributed by atoms with Crippen molar-refractivity contribution in [1.29, 1.82) is 0 Å². The van der Waals surface area contributed by atoms with Crippen molar-refractivity contribution in [1.82, 2.24) is 10.3 Å². The lowest BCUT2D eigenvalue weighted by molar-refractivity contribution is 0.0948. The number of amides is 1. The van der Waals surface area contributed by atoms with Gasteiger partial charge in [0.25, 0.3) is 5.91 Å². The maximum Gasteiger partial charge on any atom is 0.269 e. The molecule has 2 N–H and O–H groups in total. The Morgan fingerprint density at radius 3 is 2.78 bits per heavy atom. The average molecular weight is 249 g/mol. The summed E-state index contributed by atoms with van der Waals surface area (Å²) >= 11 is 0. The SMILES string of the molecule is CNc1cccc(C(=O)NCCCCC(C)C)n1. The van der Waals surface area contributed by atoms with Gasteiger partial charge in [-0.1, -0.05) is 32.8 Å². The second-order valence-corrected chi connectivity index (χ2v) is 4.80. The van der Waals surface area contributed by atoms with Gasteiger partial charge in [-0.05, 0) is 24.5 Å². The molecule has 0 unspecified atom stereocenters. The van der Waals surface area contributed by atoms with E-state index in [1.807, 2.05) is 12.1 Å². The van der Waals surface area contributed by atoms with Gasteiger partial charge >= 0.3 is 0 Å². The van der Waals surface area contributed by atoms with Gasteiger partial charge in [0.05, 0.1) is 0 Å². The van der Waals surface area contributed by atoms with Gasteiger partial charge in [-0.25, -0.2) is 4.98 Å². The normalized spacial score (nSPS) is 10.4. The van der Waals surface area contributed by atoms with Crippen molar-refractivity contribution in [2.24, 2.45) is 5.92 Å². The molecule has 1 aromatic rings. The van der Waals surface area contributed by atoms with E-state index in [1.165, 1.54) is 6.42 Å². The second-order valence-electron chi connectivity index (χ2n) is 4.80. The average Bonchev–Trinajstić information content (AvgIpc) is 2.37. The highest BCUT2D eigenvalue weighted by molar-refractivity contribution is 5.92. The van der Waals surface area contributed by atoms with Crippen LogP contribution in [0.5, 0.6) is 0 Å². The van der Waals surface area contributed by atoms with Crippen LogP contribution in [0.25, 0.3) is 0 Å². The van der Waals surface area contributed by atoms with Crippen LogP contribution in [0.2, 0.25) is 0 Å². The molecule has 100 valence electrons. The van der Waals surface area contributed by atoms with Gasteiger partial charge in [0, 0.05) is 13.6 Å². The van der Waals surface area contributed by atoms with Crippen LogP contribution in [-0.4, -0.2) is 24.5 Å². The lowest BCUT2D eigenvalue weighted by Crippen LogP contribution is -2.25. The van der Waals surface area contributed by atoms with Crippen molar-refractivity contribution < 1.29 is 4.79 Å². The highest BCUT2D eigenvalue weighted by Crippen LogP contribution is 2.06. The van der Waals surface area contributed by atoms with Crippen LogP contribution in [0.15, 0.2) is 18.2 Å². The molecule has 1 heterocycles. The minimum atomic E-state index is -0.100. The fraction of sp³-hybridized carbons (Fsp3) is 0.571. The van der Waals surface area contributed by atoms with Crippen molar-refractivity contribution in [2.75, 3.05) is 18.9 Å². The molecule has 0 atom stereocenters. The molecule has 0 aliphatic carbocycles. The zero-order valence-corrected chi connectivity index (χ0v) is 11.5. The van der Waals surface area contributed by atoms with Gasteiger partial charge in [-0.3, -0.25) is 4.79 Å². The van der Waals surface area contributed by atoms with E-state index in [1.54, 1.807) is 13.1 Å². The first-order chi connectivity index (χ1) is 8.63. The van der Waals surface area contributed by atoms with Gasteiger partial charge in [0.2, 0.25) is 0 Å². The van der Waals surface area contributed by atoms with Crippen LogP contribution < -0.4 is 10.6 Å². The van der Waals surface area contributed by atoms with E-state index in [0.717, 1.165) is 25.3 Å². The van der Waals surface area contributed by atoms with E-state index in [2.05, 4.69) is 29.5 Å². The quantitative estimate of drug-likeness (QED) is 0.730. The molecule has 0 saturated heterocycles. The topological polar surface area (TPSA) is 54.0 Å². The van der Waals surface area contributed by atoms with Crippen molar-refractivity contribution in [3.05, 3.63) is 23.9 Å². The lowest BCUT2D eigenvalue weighted by Gasteiger charge is -2.07. The number of nitrogens with zero attached hydrogens (tertiary/aromatic N) is 1. The number of carbonyl (C=O) groups is 1. The minimum absolute atomic E-state index is 0.100. The number of unbranched alkanes of at least 4 members (excludes halogenated alkanes) is 1. The Labute approximate surface area is 109 Å². The third-order valence-electron chi connectivity index (χ3n) is 2.73. The van der Waals surface area contributed by atoms with E-state index >= 15 is 0 Å². The summed E-state index contributed by atoms with van der Waals surface area (Å²) in [5.41, 5.74) is 0.464. The fourth-order valence-electron chi connectivity index (χ4n) is 1.67. The Kier molecular flexibility index (Phi) is 6.19. The number of carbonyl (C=O) groups excluding carboxylic acids is 1. The summed E-state index contributed by atoms with van der Waals surface area (Å²) in [4.78, 5) is 16.0. The number of nitrogens with one attached hydrogen (secondary N) is 2. The smallest absolute Gasteiger partial charge is 0.269 e. The fourth-order valence-corrected chi connectivity index (χ4v) is 1.67. The van der Waals surface area contributed by atoms with Crippen molar-refractivity contribution in [2.45, 2.75) is 33.1 Å². The van der Waals surface area contributed by atoms with Crippen LogP contribution in [0.1, 0.15) is 43.6 Å². The monoisotopic (exact) mass is 249 g/mol. The van der Waals surface area contributed by atoms with E-state index in [9.17, 15) is 4.79 Å². The van der Waals surface area contributed by atoms with Gasteiger partial charge in [0.15, 0.2) is 0 Å². The van der Waals surface area contributed by atoms with E-state index in [-0.39, 0.29) is 5.91 Å². The Morgan fingerprint density at radius 1 is 1.33 bits per heavy atom. The van der Waals surface area contributed by atoms with Gasteiger partial charge in [-0.15, -0.1) is 0 Å². The molecule has 1 aromatic heterocycles. The minimum Gasteiger partial charge on any atom is -0.373 e. The predicted octanol–water partition coefficient (Wildman–Crippen LogP) is 2.68. The molecule has 4 heteroatoms. The van der Waals surface area contributed by atoms with Crippen LogP contribution >= 0.6 is 0 Å². The van der Waals surface area contributed by atoms with Crippen LogP contribution in [0.3, 0.4) is 0 Å². The Hall–Kier alpha value is -1.58. The maximum atomic E-state index is 11.8. The third-order valence-corrected chi connectivity index (χ3v) is 2.73. The molecule has 0 radical (unpaired) electrons. The first kappa shape index (κ1) is 14.5. The van der Waals surface area contributed by atoms with E-state index in [0.29, 0.717) is 11.5 Å². The molecular weight excluding hydrogens is 226 g/mol. The summed E-state index contributed by atoms with van der Waals surface area (Å²) in [5, 5.41) is 5.81. The summed E-state index contributed by atoms with van der Waals surface area (Å²) in [5.74, 6) is 1.34. The van der Waals surface area contributed by atoms with Crippen molar-refractivity contribution >= 4 is 11.7 Å². The van der Waals surface area contributed by atoms with Gasteiger partial charge in [0.1, 0.15) is 11.5 Å². The zero-order valence-electron chi connectivity index (χ0n) is 11.5. The summed E-state index contributed by atoms with van der Waals surface area (Å²) in [6, 6.07) is 5.39. The van der Waals surface area contributed by atoms with E-state index in [4.69, 9.17) is 0 Å². The molecule has 0 aliphatic heterocycles. The van der Waals surface area contributed by atoms with Crippen LogP contribution in [0.4, 0.5) is 5.82 Å². The number of hydrogen-bond acceptors (Lipinski definition) is 3. The molecule has 1 amide bonds. The Balaban J connectivity index is 2.31. The number of anilines is 1. The standard InChI is InChI=1S/C14H23N3O/c1-11(2)7-4-5-10-16-14(18)12-8-6-9-13(15-3)17-12/h6,8-9,11H,4-5,7,10H2,1-3H3,(H,15,17)(H,16,18). The first-order valence-electron chi connectivity index (χ1n) is 6.56. The molecule has 0 saturated carbocycles. The predicted molar refractivity (Wildman–Crippen MR) is 74.8 cm³/mol. The maximum absolute atomic E-state index is 11.8. The van der Waals surface area contributed by atoms with Crippen LogP contribution in [0, 0.1) is 5.92 Å². The summed E-state index contributed by atoms with van der Waals surface area (Å²) in [6.07, 6.45) is 3.39. The number of hydrogen-bond donors (Lipinski definition) is 2. The molecule has 0 aromatic carbocycles. The summed E-state index contributed by atoms with van der Waals surface area (Å²) < 4.78 is 0. The van der Waals surface area contributed by atoms with Crippen molar-refractivity contribution in [3.63, 3.8) is 0 Å². The molecule has 0 aliphatic rings. The van der Waals surface area contributed by atoms with Crippen molar-refractivity contribution in [3.8, 4) is 0 Å². The highest BCUT2D eigenvalue weighted by Gasteiger charge is 2.06. The summed E-state index contributed by atoms with van der Waals surface area (Å²) in [7, 11) is 1.79. The second kappa shape index (κ2) is 7.69. The Bertz CT molecular complexity index is 377. The Morgan fingerprint density at radius 2 is 2.11 bits per heavy atom. The molecule has 18 heavy (non-hydrogen) atoms. The van der Waals surface area contributed by atoms with Gasteiger partial charge < -0.3 is 10.6 Å². The summed E-state index contributed by atoms with van der Waals surface area (Å²) in [6.45, 7) is 5.15. The zero-order chi connectivity index (χ0) is 13.4. The molecule has 0 fully saturated rings. The highest BCUT2D eigenvalue weighted by atomic mass is 16.1. The number of aromatic nitrogens is 1. The van der Waals surface area contributed by atoms with Gasteiger partial charge in [-0.2, -0.15) is 0 Å². The lowest BCUT2D eigenvalue weighted by atomic mass is 10.1. The third kappa shape index (κ3) is 5.17. The number of pyridine rings is 1. The molecule has 0 spiro atoms.